The highest BCUT2D eigenvalue weighted by Gasteiger charge is 2.20. The van der Waals surface area contributed by atoms with E-state index in [1.807, 2.05) is 28.8 Å². The minimum atomic E-state index is -0.183. The number of H-pyrrole nitrogens is 1. The third kappa shape index (κ3) is 3.09. The van der Waals surface area contributed by atoms with Gasteiger partial charge in [0.15, 0.2) is 0 Å². The lowest BCUT2D eigenvalue weighted by Gasteiger charge is -2.07. The largest absolute Gasteiger partial charge is 0.497 e. The van der Waals surface area contributed by atoms with Gasteiger partial charge in [-0.05, 0) is 37.1 Å². The Kier molecular flexibility index (Phi) is 4.13. The van der Waals surface area contributed by atoms with Crippen molar-refractivity contribution in [2.24, 2.45) is 0 Å². The van der Waals surface area contributed by atoms with E-state index in [2.05, 4.69) is 20.5 Å². The molecule has 1 aliphatic rings. The van der Waals surface area contributed by atoms with E-state index in [0.29, 0.717) is 12.4 Å². The van der Waals surface area contributed by atoms with Crippen molar-refractivity contribution in [1.29, 1.82) is 0 Å². The summed E-state index contributed by atoms with van der Waals surface area (Å²) in [6.07, 6.45) is 4.24. The number of ether oxygens (including phenoxy) is 1. The Morgan fingerprint density at radius 2 is 2.20 bits per heavy atom. The number of aryl methyl sites for hydroxylation is 1. The molecule has 0 unspecified atom stereocenters. The third-order valence-corrected chi connectivity index (χ3v) is 4.64. The number of amides is 1. The third-order valence-electron chi connectivity index (χ3n) is 4.64. The fourth-order valence-electron chi connectivity index (χ4n) is 3.30. The zero-order chi connectivity index (χ0) is 17.2. The van der Waals surface area contributed by atoms with E-state index >= 15 is 0 Å². The van der Waals surface area contributed by atoms with Gasteiger partial charge in [0.2, 0.25) is 5.82 Å². The summed E-state index contributed by atoms with van der Waals surface area (Å²) in [5.41, 5.74) is 1.95. The minimum absolute atomic E-state index is 0.183. The SMILES string of the molecule is COc1ccc2[nH]c(CNC(=O)c3nnc4n3CCCCC4)cc2c1. The molecule has 1 aliphatic heterocycles. The van der Waals surface area contributed by atoms with Gasteiger partial charge in [-0.1, -0.05) is 6.42 Å². The van der Waals surface area contributed by atoms with Crippen molar-refractivity contribution in [2.45, 2.75) is 38.8 Å². The fourth-order valence-corrected chi connectivity index (χ4v) is 3.30. The Balaban J connectivity index is 1.48. The molecule has 3 aromatic rings. The molecule has 0 atom stereocenters. The second-order valence-corrected chi connectivity index (χ2v) is 6.33. The summed E-state index contributed by atoms with van der Waals surface area (Å²) in [5, 5.41) is 12.3. The number of carbonyl (C=O) groups excluding carboxylic acids is 1. The van der Waals surface area contributed by atoms with Crippen molar-refractivity contribution in [3.8, 4) is 5.75 Å². The molecule has 7 heteroatoms. The molecule has 0 bridgehead atoms. The number of nitrogens with one attached hydrogen (secondary N) is 2. The smallest absolute Gasteiger partial charge is 0.289 e. The number of fused-ring (bicyclic) bond motifs is 2. The van der Waals surface area contributed by atoms with E-state index in [-0.39, 0.29) is 5.91 Å². The summed E-state index contributed by atoms with van der Waals surface area (Å²) in [4.78, 5) is 15.8. The van der Waals surface area contributed by atoms with Gasteiger partial charge < -0.3 is 19.6 Å². The molecule has 2 aromatic heterocycles. The van der Waals surface area contributed by atoms with Gasteiger partial charge >= 0.3 is 0 Å². The van der Waals surface area contributed by atoms with Crippen molar-refractivity contribution in [3.63, 3.8) is 0 Å². The number of hydrogen-bond acceptors (Lipinski definition) is 4. The van der Waals surface area contributed by atoms with Crippen LogP contribution in [-0.4, -0.2) is 32.8 Å². The van der Waals surface area contributed by atoms with Crippen LogP contribution in [0.1, 0.15) is 41.4 Å². The van der Waals surface area contributed by atoms with Crippen LogP contribution in [0.3, 0.4) is 0 Å². The molecule has 0 aliphatic carbocycles. The van der Waals surface area contributed by atoms with E-state index in [0.717, 1.165) is 54.0 Å². The maximum absolute atomic E-state index is 12.5. The maximum atomic E-state index is 12.5. The molecular weight excluding hydrogens is 318 g/mol. The van der Waals surface area contributed by atoms with Crippen molar-refractivity contribution >= 4 is 16.8 Å². The van der Waals surface area contributed by atoms with Crippen LogP contribution in [0.4, 0.5) is 0 Å². The average molecular weight is 339 g/mol. The van der Waals surface area contributed by atoms with E-state index in [9.17, 15) is 4.79 Å². The number of benzene rings is 1. The van der Waals surface area contributed by atoms with Crippen LogP contribution in [-0.2, 0) is 19.5 Å². The van der Waals surface area contributed by atoms with Gasteiger partial charge in [-0.25, -0.2) is 0 Å². The summed E-state index contributed by atoms with van der Waals surface area (Å²) >= 11 is 0. The average Bonchev–Trinajstić information content (AvgIpc) is 3.15. The van der Waals surface area contributed by atoms with Crippen LogP contribution in [0.15, 0.2) is 24.3 Å². The van der Waals surface area contributed by atoms with Crippen molar-refractivity contribution in [1.82, 2.24) is 25.1 Å². The van der Waals surface area contributed by atoms with Gasteiger partial charge in [-0.15, -0.1) is 10.2 Å². The summed E-state index contributed by atoms with van der Waals surface area (Å²) in [6.45, 7) is 1.23. The van der Waals surface area contributed by atoms with Gasteiger partial charge in [0, 0.05) is 29.6 Å². The zero-order valence-electron chi connectivity index (χ0n) is 14.2. The van der Waals surface area contributed by atoms with Crippen LogP contribution < -0.4 is 10.1 Å². The Hall–Kier alpha value is -2.83. The first kappa shape index (κ1) is 15.7. The molecule has 7 nitrogen and oxygen atoms in total. The standard InChI is InChI=1S/C18H21N5O2/c1-25-14-6-7-15-12(10-14)9-13(20-15)11-19-18(24)17-22-21-16-5-3-2-4-8-23(16)17/h6-7,9-10,20H,2-5,8,11H2,1H3,(H,19,24). The molecule has 0 fully saturated rings. The zero-order valence-corrected chi connectivity index (χ0v) is 14.2. The summed E-state index contributed by atoms with van der Waals surface area (Å²) in [5.74, 6) is 1.96. The molecule has 3 heterocycles. The number of aromatic nitrogens is 4. The number of carbonyl (C=O) groups is 1. The van der Waals surface area contributed by atoms with E-state index in [1.165, 1.54) is 6.42 Å². The quantitative estimate of drug-likeness (QED) is 0.764. The number of nitrogens with zero attached hydrogens (tertiary/aromatic N) is 3. The summed E-state index contributed by atoms with van der Waals surface area (Å²) < 4.78 is 7.20. The van der Waals surface area contributed by atoms with E-state index in [4.69, 9.17) is 4.74 Å². The van der Waals surface area contributed by atoms with Gasteiger partial charge in [0.1, 0.15) is 11.6 Å². The molecule has 0 saturated heterocycles. The lowest BCUT2D eigenvalue weighted by Crippen LogP contribution is -2.26. The molecule has 25 heavy (non-hydrogen) atoms. The molecule has 1 amide bonds. The normalized spacial score (nSPS) is 14.1. The number of aromatic amines is 1. The lowest BCUT2D eigenvalue weighted by atomic mass is 10.2. The predicted octanol–water partition coefficient (Wildman–Crippen LogP) is 2.42. The van der Waals surface area contributed by atoms with E-state index in [1.54, 1.807) is 7.11 Å². The maximum Gasteiger partial charge on any atom is 0.289 e. The molecule has 2 N–H and O–H groups in total. The lowest BCUT2D eigenvalue weighted by molar-refractivity contribution is 0.0935. The topological polar surface area (TPSA) is 84.8 Å². The predicted molar refractivity (Wildman–Crippen MR) is 93.6 cm³/mol. The van der Waals surface area contributed by atoms with Gasteiger partial charge in [0.25, 0.3) is 5.91 Å². The summed E-state index contributed by atoms with van der Waals surface area (Å²) in [6, 6.07) is 7.86. The Morgan fingerprint density at radius 1 is 1.28 bits per heavy atom. The highest BCUT2D eigenvalue weighted by Crippen LogP contribution is 2.21. The molecule has 0 spiro atoms. The van der Waals surface area contributed by atoms with Gasteiger partial charge in [-0.2, -0.15) is 0 Å². The van der Waals surface area contributed by atoms with Crippen molar-refractivity contribution in [3.05, 3.63) is 41.6 Å². The summed E-state index contributed by atoms with van der Waals surface area (Å²) in [7, 11) is 1.65. The first-order valence-electron chi connectivity index (χ1n) is 8.60. The van der Waals surface area contributed by atoms with Crippen LogP contribution in [0.5, 0.6) is 5.75 Å². The highest BCUT2D eigenvalue weighted by atomic mass is 16.5. The second-order valence-electron chi connectivity index (χ2n) is 6.33. The molecule has 0 saturated carbocycles. The Bertz CT molecular complexity index is 911. The van der Waals surface area contributed by atoms with Crippen LogP contribution >= 0.6 is 0 Å². The number of methoxy groups -OCH3 is 1. The molecule has 1 aromatic carbocycles. The van der Waals surface area contributed by atoms with Crippen LogP contribution in [0, 0.1) is 0 Å². The second kappa shape index (κ2) is 6.58. The Labute approximate surface area is 145 Å². The number of rotatable bonds is 4. The molecule has 130 valence electrons. The first-order chi connectivity index (χ1) is 12.2. The van der Waals surface area contributed by atoms with Crippen LogP contribution in [0.25, 0.3) is 10.9 Å². The van der Waals surface area contributed by atoms with Crippen molar-refractivity contribution < 1.29 is 9.53 Å². The first-order valence-corrected chi connectivity index (χ1v) is 8.60. The minimum Gasteiger partial charge on any atom is -0.497 e. The number of hydrogen-bond donors (Lipinski definition) is 2. The van der Waals surface area contributed by atoms with Crippen LogP contribution in [0.2, 0.25) is 0 Å². The monoisotopic (exact) mass is 339 g/mol. The molecule has 0 radical (unpaired) electrons. The Morgan fingerprint density at radius 3 is 3.08 bits per heavy atom. The molecule has 4 rings (SSSR count). The van der Waals surface area contributed by atoms with E-state index < -0.39 is 0 Å². The van der Waals surface area contributed by atoms with Gasteiger partial charge in [-0.3, -0.25) is 4.79 Å². The van der Waals surface area contributed by atoms with Gasteiger partial charge in [0.05, 0.1) is 13.7 Å². The highest BCUT2D eigenvalue weighted by molar-refractivity contribution is 5.90. The fraction of sp³-hybridized carbons (Fsp3) is 0.389. The molecular formula is C18H21N5O2. The van der Waals surface area contributed by atoms with Crippen molar-refractivity contribution in [2.75, 3.05) is 7.11 Å².